The quantitative estimate of drug-likeness (QED) is 0.906. The highest BCUT2D eigenvalue weighted by Gasteiger charge is 2.34. The van der Waals surface area contributed by atoms with Crippen LogP contribution in [0.5, 0.6) is 0 Å². The van der Waals surface area contributed by atoms with E-state index in [1.807, 2.05) is 18.9 Å². The van der Waals surface area contributed by atoms with Crippen molar-refractivity contribution in [2.75, 3.05) is 31.6 Å². The molecule has 0 saturated carbocycles. The Morgan fingerprint density at radius 1 is 1.30 bits per heavy atom. The lowest BCUT2D eigenvalue weighted by Gasteiger charge is -2.40. The van der Waals surface area contributed by atoms with E-state index < -0.39 is 11.7 Å². The second-order valence-corrected chi connectivity index (χ2v) is 5.35. The number of hydrogen-bond acceptors (Lipinski definition) is 3. The van der Waals surface area contributed by atoms with Gasteiger partial charge < -0.3 is 15.5 Å². The third-order valence-corrected chi connectivity index (χ3v) is 3.78. The molecule has 112 valence electrons. The van der Waals surface area contributed by atoms with Crippen molar-refractivity contribution in [1.29, 1.82) is 0 Å². The van der Waals surface area contributed by atoms with Crippen LogP contribution in [0.3, 0.4) is 0 Å². The van der Waals surface area contributed by atoms with Crippen molar-refractivity contribution in [3.8, 4) is 0 Å². The Bertz CT molecular complexity index is 473. The number of halogens is 3. The van der Waals surface area contributed by atoms with Gasteiger partial charge in [-0.15, -0.1) is 0 Å². The summed E-state index contributed by atoms with van der Waals surface area (Å²) in [7, 11) is 2.02. The molecule has 3 nitrogen and oxygen atoms in total. The second-order valence-electron chi connectivity index (χ2n) is 5.35. The SMILES string of the molecule is CC1CN(C)CCN1c1ccc(CN)c(C(F)(F)F)c1. The number of alkyl halides is 3. The van der Waals surface area contributed by atoms with E-state index >= 15 is 0 Å². The number of benzene rings is 1. The average molecular weight is 287 g/mol. The molecule has 2 N–H and O–H groups in total. The van der Waals surface area contributed by atoms with Gasteiger partial charge in [0.05, 0.1) is 5.56 Å². The number of rotatable bonds is 2. The zero-order chi connectivity index (χ0) is 14.9. The third kappa shape index (κ3) is 3.07. The fourth-order valence-electron chi connectivity index (χ4n) is 2.71. The van der Waals surface area contributed by atoms with Crippen LogP contribution in [-0.2, 0) is 12.7 Å². The summed E-state index contributed by atoms with van der Waals surface area (Å²) in [4.78, 5) is 4.20. The zero-order valence-corrected chi connectivity index (χ0v) is 11.7. The normalized spacial score (nSPS) is 21.3. The van der Waals surface area contributed by atoms with Crippen molar-refractivity contribution in [2.24, 2.45) is 5.73 Å². The number of nitrogens with zero attached hydrogens (tertiary/aromatic N) is 2. The fraction of sp³-hybridized carbons (Fsp3) is 0.571. The molecule has 6 heteroatoms. The first kappa shape index (κ1) is 15.1. The first-order valence-corrected chi connectivity index (χ1v) is 6.68. The highest BCUT2D eigenvalue weighted by atomic mass is 19.4. The monoisotopic (exact) mass is 287 g/mol. The molecule has 1 aromatic rings. The van der Waals surface area contributed by atoms with Crippen molar-refractivity contribution in [2.45, 2.75) is 25.7 Å². The number of anilines is 1. The molecule has 0 spiro atoms. The molecule has 1 fully saturated rings. The van der Waals surface area contributed by atoms with Gasteiger partial charge >= 0.3 is 6.18 Å². The molecule has 0 aromatic heterocycles. The van der Waals surface area contributed by atoms with E-state index in [2.05, 4.69) is 4.90 Å². The molecule has 2 rings (SSSR count). The Labute approximate surface area is 117 Å². The maximum atomic E-state index is 13.1. The average Bonchev–Trinajstić information content (AvgIpc) is 2.37. The topological polar surface area (TPSA) is 32.5 Å². The van der Waals surface area contributed by atoms with Gasteiger partial charge in [-0.2, -0.15) is 13.2 Å². The molecule has 0 radical (unpaired) electrons. The lowest BCUT2D eigenvalue weighted by atomic mass is 10.0. The zero-order valence-electron chi connectivity index (χ0n) is 11.7. The molecule has 20 heavy (non-hydrogen) atoms. The Morgan fingerprint density at radius 3 is 2.55 bits per heavy atom. The lowest BCUT2D eigenvalue weighted by molar-refractivity contribution is -0.138. The van der Waals surface area contributed by atoms with Crippen molar-refractivity contribution in [3.63, 3.8) is 0 Å². The van der Waals surface area contributed by atoms with E-state index in [4.69, 9.17) is 5.73 Å². The summed E-state index contributed by atoms with van der Waals surface area (Å²) in [5.41, 5.74) is 5.54. The van der Waals surface area contributed by atoms with Crippen molar-refractivity contribution in [1.82, 2.24) is 4.90 Å². The minimum absolute atomic E-state index is 0.104. The highest BCUT2D eigenvalue weighted by molar-refractivity contribution is 5.53. The molecule has 1 aliphatic rings. The third-order valence-electron chi connectivity index (χ3n) is 3.78. The Hall–Kier alpha value is -1.27. The molecule has 1 heterocycles. The Balaban J connectivity index is 2.34. The maximum Gasteiger partial charge on any atom is 0.416 e. The molecule has 0 amide bonds. The summed E-state index contributed by atoms with van der Waals surface area (Å²) in [5, 5.41) is 0. The Kier molecular flexibility index (Phi) is 4.25. The van der Waals surface area contributed by atoms with Crippen molar-refractivity contribution < 1.29 is 13.2 Å². The summed E-state index contributed by atoms with van der Waals surface area (Å²) in [6.45, 7) is 4.36. The van der Waals surface area contributed by atoms with Crippen LogP contribution in [0.25, 0.3) is 0 Å². The van der Waals surface area contributed by atoms with Gasteiger partial charge in [0.2, 0.25) is 0 Å². The molecular formula is C14H20F3N3. The van der Waals surface area contributed by atoms with Gasteiger partial charge in [-0.25, -0.2) is 0 Å². The van der Waals surface area contributed by atoms with Gasteiger partial charge in [0.15, 0.2) is 0 Å². The lowest BCUT2D eigenvalue weighted by Crippen LogP contribution is -2.50. The van der Waals surface area contributed by atoms with E-state index in [1.54, 1.807) is 6.07 Å². The van der Waals surface area contributed by atoms with E-state index in [9.17, 15) is 13.2 Å². The summed E-state index contributed by atoms with van der Waals surface area (Å²) < 4.78 is 39.2. The minimum atomic E-state index is -4.36. The fourth-order valence-corrected chi connectivity index (χ4v) is 2.71. The van der Waals surface area contributed by atoms with Gasteiger partial charge in [0, 0.05) is 37.9 Å². The van der Waals surface area contributed by atoms with E-state index in [1.165, 1.54) is 12.1 Å². The molecule has 1 aromatic carbocycles. The van der Waals surface area contributed by atoms with Gasteiger partial charge in [-0.3, -0.25) is 0 Å². The molecule has 1 aliphatic heterocycles. The summed E-state index contributed by atoms with van der Waals surface area (Å²) in [6.07, 6.45) is -4.36. The second kappa shape index (κ2) is 5.61. The first-order chi connectivity index (χ1) is 9.32. The van der Waals surface area contributed by atoms with Crippen LogP contribution in [-0.4, -0.2) is 37.6 Å². The minimum Gasteiger partial charge on any atom is -0.366 e. The van der Waals surface area contributed by atoms with Crippen LogP contribution >= 0.6 is 0 Å². The number of piperazine rings is 1. The smallest absolute Gasteiger partial charge is 0.366 e. The van der Waals surface area contributed by atoms with Crippen LogP contribution in [0.2, 0.25) is 0 Å². The van der Waals surface area contributed by atoms with Crippen LogP contribution in [0, 0.1) is 0 Å². The summed E-state index contributed by atoms with van der Waals surface area (Å²) in [6, 6.07) is 4.64. The van der Waals surface area contributed by atoms with Crippen LogP contribution < -0.4 is 10.6 Å². The summed E-state index contributed by atoms with van der Waals surface area (Å²) in [5.74, 6) is 0. The van der Waals surface area contributed by atoms with E-state index in [0.717, 1.165) is 19.6 Å². The van der Waals surface area contributed by atoms with Gasteiger partial charge in [-0.1, -0.05) is 6.07 Å². The highest BCUT2D eigenvalue weighted by Crippen LogP contribution is 2.35. The van der Waals surface area contributed by atoms with Gasteiger partial charge in [0.1, 0.15) is 0 Å². The molecule has 1 atom stereocenters. The Morgan fingerprint density at radius 2 is 2.00 bits per heavy atom. The van der Waals surface area contributed by atoms with E-state index in [-0.39, 0.29) is 18.2 Å². The van der Waals surface area contributed by atoms with Crippen LogP contribution in [0.15, 0.2) is 18.2 Å². The predicted octanol–water partition coefficient (Wildman–Crippen LogP) is 2.30. The molecule has 1 saturated heterocycles. The van der Waals surface area contributed by atoms with E-state index in [0.29, 0.717) is 5.69 Å². The van der Waals surface area contributed by atoms with Crippen LogP contribution in [0.4, 0.5) is 18.9 Å². The van der Waals surface area contributed by atoms with Crippen molar-refractivity contribution >= 4 is 5.69 Å². The molecular weight excluding hydrogens is 267 g/mol. The van der Waals surface area contributed by atoms with Crippen LogP contribution in [0.1, 0.15) is 18.1 Å². The van der Waals surface area contributed by atoms with Gasteiger partial charge in [-0.05, 0) is 31.7 Å². The number of hydrogen-bond donors (Lipinski definition) is 1. The maximum absolute atomic E-state index is 13.1. The summed E-state index contributed by atoms with van der Waals surface area (Å²) >= 11 is 0. The molecule has 0 bridgehead atoms. The standard InChI is InChI=1S/C14H20F3N3/c1-10-9-19(2)5-6-20(10)12-4-3-11(8-18)13(7-12)14(15,16)17/h3-4,7,10H,5-6,8-9,18H2,1-2H3. The largest absolute Gasteiger partial charge is 0.416 e. The van der Waals surface area contributed by atoms with Gasteiger partial charge in [0.25, 0.3) is 0 Å². The number of likely N-dealkylation sites (N-methyl/N-ethyl adjacent to an activating group) is 1. The molecule has 1 unspecified atom stereocenters. The predicted molar refractivity (Wildman–Crippen MR) is 73.6 cm³/mol. The first-order valence-electron chi connectivity index (χ1n) is 6.68. The number of nitrogens with two attached hydrogens (primary N) is 1. The van der Waals surface area contributed by atoms with Crippen molar-refractivity contribution in [3.05, 3.63) is 29.3 Å². The molecule has 0 aliphatic carbocycles.